The standard InChI is InChI=1S/C28H26ClN7O2S/c1-34(2)22-13-11-21(12-14-22)30-26(37)15-35(28(38)17-36-25-6-4-3-5-23(25)32-33-36)16-27-31-24(18-39-27)19-7-9-20(29)10-8-19/h3-14,18H,15-17H2,1-2H3,(H,30,37). The first-order valence-electron chi connectivity index (χ1n) is 12.2. The van der Waals surface area contributed by atoms with E-state index in [1.165, 1.54) is 16.2 Å². The number of thiazole rings is 1. The molecule has 9 nitrogen and oxygen atoms in total. The van der Waals surface area contributed by atoms with Crippen molar-refractivity contribution in [1.82, 2.24) is 24.9 Å². The molecular weight excluding hydrogens is 534 g/mol. The van der Waals surface area contributed by atoms with E-state index in [9.17, 15) is 9.59 Å². The number of para-hydroxylation sites is 1. The Labute approximate surface area is 234 Å². The van der Waals surface area contributed by atoms with Gasteiger partial charge in [0.2, 0.25) is 11.8 Å². The summed E-state index contributed by atoms with van der Waals surface area (Å²) in [4.78, 5) is 34.7. The van der Waals surface area contributed by atoms with Gasteiger partial charge < -0.3 is 15.1 Å². The van der Waals surface area contributed by atoms with Crippen molar-refractivity contribution in [2.45, 2.75) is 13.1 Å². The molecule has 0 aliphatic rings. The summed E-state index contributed by atoms with van der Waals surface area (Å²) in [6, 6.07) is 22.3. The van der Waals surface area contributed by atoms with Crippen LogP contribution < -0.4 is 10.2 Å². The van der Waals surface area contributed by atoms with Crippen LogP contribution in [-0.2, 0) is 22.7 Å². The lowest BCUT2D eigenvalue weighted by Crippen LogP contribution is -2.39. The third-order valence-electron chi connectivity index (χ3n) is 6.08. The van der Waals surface area contributed by atoms with E-state index >= 15 is 0 Å². The van der Waals surface area contributed by atoms with E-state index in [1.807, 2.05) is 97.2 Å². The number of aromatic nitrogens is 4. The van der Waals surface area contributed by atoms with Crippen molar-refractivity contribution in [2.75, 3.05) is 30.9 Å². The largest absolute Gasteiger partial charge is 0.378 e. The number of rotatable bonds is 9. The molecule has 3 aromatic carbocycles. The van der Waals surface area contributed by atoms with Gasteiger partial charge in [0.05, 0.1) is 17.8 Å². The number of halogens is 1. The summed E-state index contributed by atoms with van der Waals surface area (Å²) < 4.78 is 1.55. The van der Waals surface area contributed by atoms with Crippen LogP contribution >= 0.6 is 22.9 Å². The second-order valence-electron chi connectivity index (χ2n) is 9.11. The van der Waals surface area contributed by atoms with Crippen LogP contribution in [0.4, 0.5) is 11.4 Å². The SMILES string of the molecule is CN(C)c1ccc(NC(=O)CN(Cc2nc(-c3ccc(Cl)cc3)cs2)C(=O)Cn2nnc3ccccc32)cc1. The maximum atomic E-state index is 13.5. The molecule has 0 bridgehead atoms. The summed E-state index contributed by atoms with van der Waals surface area (Å²) in [6.45, 7) is -0.0196. The average molecular weight is 560 g/mol. The van der Waals surface area contributed by atoms with E-state index in [0.717, 1.165) is 22.5 Å². The highest BCUT2D eigenvalue weighted by atomic mass is 35.5. The van der Waals surface area contributed by atoms with E-state index in [1.54, 1.807) is 4.68 Å². The quantitative estimate of drug-likeness (QED) is 0.275. The molecule has 39 heavy (non-hydrogen) atoms. The Morgan fingerprint density at radius 3 is 2.49 bits per heavy atom. The molecule has 0 aliphatic carbocycles. The molecule has 2 aromatic heterocycles. The molecule has 0 unspecified atom stereocenters. The lowest BCUT2D eigenvalue weighted by molar-refractivity contribution is -0.136. The maximum absolute atomic E-state index is 13.5. The van der Waals surface area contributed by atoms with Crippen LogP contribution in [0.25, 0.3) is 22.3 Å². The minimum absolute atomic E-state index is 0.0548. The van der Waals surface area contributed by atoms with Crippen molar-refractivity contribution in [1.29, 1.82) is 0 Å². The van der Waals surface area contributed by atoms with Gasteiger partial charge in [0.1, 0.15) is 23.6 Å². The second kappa shape index (κ2) is 11.6. The zero-order chi connectivity index (χ0) is 27.4. The van der Waals surface area contributed by atoms with Crippen molar-refractivity contribution in [3.63, 3.8) is 0 Å². The molecule has 0 saturated carbocycles. The minimum Gasteiger partial charge on any atom is -0.378 e. The molecule has 5 rings (SSSR count). The maximum Gasteiger partial charge on any atom is 0.245 e. The Balaban J connectivity index is 1.34. The highest BCUT2D eigenvalue weighted by Crippen LogP contribution is 2.24. The van der Waals surface area contributed by atoms with Crippen LogP contribution in [0.2, 0.25) is 5.02 Å². The first-order valence-corrected chi connectivity index (χ1v) is 13.4. The fraction of sp³-hybridized carbons (Fsp3) is 0.179. The fourth-order valence-electron chi connectivity index (χ4n) is 4.01. The average Bonchev–Trinajstić information content (AvgIpc) is 3.56. The van der Waals surface area contributed by atoms with Gasteiger partial charge in [0, 0.05) is 41.4 Å². The number of hydrogen-bond donors (Lipinski definition) is 1. The number of fused-ring (bicyclic) bond motifs is 1. The van der Waals surface area contributed by atoms with Crippen LogP contribution in [0.1, 0.15) is 5.01 Å². The van der Waals surface area contributed by atoms with E-state index in [2.05, 4.69) is 15.6 Å². The van der Waals surface area contributed by atoms with E-state index in [-0.39, 0.29) is 31.4 Å². The number of benzene rings is 3. The van der Waals surface area contributed by atoms with Crippen molar-refractivity contribution in [3.8, 4) is 11.3 Å². The molecule has 0 aliphatic heterocycles. The topological polar surface area (TPSA) is 96.2 Å². The highest BCUT2D eigenvalue weighted by molar-refractivity contribution is 7.09. The molecule has 0 saturated heterocycles. The summed E-state index contributed by atoms with van der Waals surface area (Å²) in [7, 11) is 3.90. The van der Waals surface area contributed by atoms with Gasteiger partial charge in [-0.1, -0.05) is 41.1 Å². The first kappa shape index (κ1) is 26.3. The van der Waals surface area contributed by atoms with Crippen molar-refractivity contribution in [2.24, 2.45) is 0 Å². The van der Waals surface area contributed by atoms with Crippen LogP contribution in [0.15, 0.2) is 78.2 Å². The molecule has 198 valence electrons. The van der Waals surface area contributed by atoms with Crippen LogP contribution in [0.5, 0.6) is 0 Å². The Hall–Kier alpha value is -4.28. The molecule has 5 aromatic rings. The molecule has 2 amide bonds. The monoisotopic (exact) mass is 559 g/mol. The molecular formula is C28H26ClN7O2S. The Bertz CT molecular complexity index is 1600. The van der Waals surface area contributed by atoms with Crippen molar-refractivity contribution < 1.29 is 9.59 Å². The van der Waals surface area contributed by atoms with E-state index in [4.69, 9.17) is 16.6 Å². The molecule has 0 atom stereocenters. The summed E-state index contributed by atoms with van der Waals surface area (Å²) in [5.41, 5.74) is 4.82. The first-order chi connectivity index (χ1) is 18.9. The number of amides is 2. The normalized spacial score (nSPS) is 10.9. The summed E-state index contributed by atoms with van der Waals surface area (Å²) in [5.74, 6) is -0.578. The predicted octanol–water partition coefficient (Wildman–Crippen LogP) is 4.94. The number of anilines is 2. The lowest BCUT2D eigenvalue weighted by atomic mass is 10.2. The molecule has 11 heteroatoms. The molecule has 1 N–H and O–H groups in total. The fourth-order valence-corrected chi connectivity index (χ4v) is 4.96. The highest BCUT2D eigenvalue weighted by Gasteiger charge is 2.21. The zero-order valence-corrected chi connectivity index (χ0v) is 23.0. The summed E-state index contributed by atoms with van der Waals surface area (Å²) >= 11 is 7.45. The molecule has 0 radical (unpaired) electrons. The number of carbonyl (C=O) groups excluding carboxylic acids is 2. The van der Waals surface area contributed by atoms with E-state index in [0.29, 0.717) is 21.2 Å². The lowest BCUT2D eigenvalue weighted by Gasteiger charge is -2.21. The summed E-state index contributed by atoms with van der Waals surface area (Å²) in [5, 5.41) is 14.4. The molecule has 0 spiro atoms. The van der Waals surface area contributed by atoms with Gasteiger partial charge >= 0.3 is 0 Å². The number of hydrogen-bond acceptors (Lipinski definition) is 7. The van der Waals surface area contributed by atoms with Gasteiger partial charge in [0.15, 0.2) is 0 Å². The molecule has 2 heterocycles. The van der Waals surface area contributed by atoms with Gasteiger partial charge in [-0.15, -0.1) is 16.4 Å². The van der Waals surface area contributed by atoms with Crippen LogP contribution in [0.3, 0.4) is 0 Å². The van der Waals surface area contributed by atoms with Gasteiger partial charge in [-0.2, -0.15) is 0 Å². The summed E-state index contributed by atoms with van der Waals surface area (Å²) in [6.07, 6.45) is 0. The van der Waals surface area contributed by atoms with Gasteiger partial charge in [-0.25, -0.2) is 9.67 Å². The number of carbonyl (C=O) groups is 2. The van der Waals surface area contributed by atoms with Crippen LogP contribution in [0, 0.1) is 0 Å². The van der Waals surface area contributed by atoms with E-state index < -0.39 is 0 Å². The second-order valence-corrected chi connectivity index (χ2v) is 10.5. The van der Waals surface area contributed by atoms with Gasteiger partial charge in [-0.05, 0) is 48.5 Å². The number of nitrogens with one attached hydrogen (secondary N) is 1. The minimum atomic E-state index is -0.307. The third-order valence-corrected chi connectivity index (χ3v) is 7.16. The Kier molecular flexibility index (Phi) is 7.85. The van der Waals surface area contributed by atoms with Crippen molar-refractivity contribution >= 4 is 57.2 Å². The van der Waals surface area contributed by atoms with Crippen LogP contribution in [-0.4, -0.2) is 57.3 Å². The third kappa shape index (κ3) is 6.42. The predicted molar refractivity (Wildman–Crippen MR) is 155 cm³/mol. The number of nitrogens with zero attached hydrogens (tertiary/aromatic N) is 6. The smallest absolute Gasteiger partial charge is 0.245 e. The van der Waals surface area contributed by atoms with Gasteiger partial charge in [-0.3, -0.25) is 9.59 Å². The zero-order valence-electron chi connectivity index (χ0n) is 21.4. The van der Waals surface area contributed by atoms with Crippen molar-refractivity contribution in [3.05, 3.63) is 88.2 Å². The Morgan fingerprint density at radius 1 is 1.00 bits per heavy atom. The van der Waals surface area contributed by atoms with Gasteiger partial charge in [0.25, 0.3) is 0 Å². The molecule has 0 fully saturated rings. The Morgan fingerprint density at radius 2 is 1.74 bits per heavy atom.